The summed E-state index contributed by atoms with van der Waals surface area (Å²) in [5.74, 6) is 0.811. The van der Waals surface area contributed by atoms with Gasteiger partial charge in [0.1, 0.15) is 11.8 Å². The summed E-state index contributed by atoms with van der Waals surface area (Å²) in [4.78, 5) is 27.2. The van der Waals surface area contributed by atoms with E-state index in [4.69, 9.17) is 10.5 Å². The van der Waals surface area contributed by atoms with Gasteiger partial charge >= 0.3 is 6.03 Å². The molecule has 0 unspecified atom stereocenters. The third-order valence-electron chi connectivity index (χ3n) is 4.34. The Balaban J connectivity index is 2.11. The summed E-state index contributed by atoms with van der Waals surface area (Å²) in [6.45, 7) is 5.03. The Labute approximate surface area is 137 Å². The Morgan fingerprint density at radius 1 is 1.35 bits per heavy atom. The van der Waals surface area contributed by atoms with Crippen molar-refractivity contribution in [2.45, 2.75) is 39.3 Å². The Morgan fingerprint density at radius 2 is 1.96 bits per heavy atom. The SMILES string of the molecule is COc1c(C)cc(CN(C)C(=O)[C@@H]2CCCN2C(N)=O)cc1C. The first kappa shape index (κ1) is 17.1. The first-order valence-electron chi connectivity index (χ1n) is 7.80. The Morgan fingerprint density at radius 3 is 2.48 bits per heavy atom. The molecule has 1 fully saturated rings. The van der Waals surface area contributed by atoms with Crippen molar-refractivity contribution in [3.63, 3.8) is 0 Å². The van der Waals surface area contributed by atoms with E-state index < -0.39 is 12.1 Å². The number of likely N-dealkylation sites (N-methyl/N-ethyl adjacent to an activating group) is 1. The van der Waals surface area contributed by atoms with Gasteiger partial charge in [0.25, 0.3) is 0 Å². The normalized spacial score (nSPS) is 17.2. The van der Waals surface area contributed by atoms with Gasteiger partial charge in [-0.1, -0.05) is 12.1 Å². The number of hydrogen-bond acceptors (Lipinski definition) is 3. The molecule has 1 aromatic rings. The molecule has 23 heavy (non-hydrogen) atoms. The van der Waals surface area contributed by atoms with Gasteiger partial charge in [-0.2, -0.15) is 0 Å². The van der Waals surface area contributed by atoms with Gasteiger partial charge in [-0.25, -0.2) is 4.79 Å². The molecule has 6 heteroatoms. The average Bonchev–Trinajstić information content (AvgIpc) is 2.95. The minimum absolute atomic E-state index is 0.0626. The van der Waals surface area contributed by atoms with Gasteiger partial charge in [-0.15, -0.1) is 0 Å². The molecule has 0 radical (unpaired) electrons. The largest absolute Gasteiger partial charge is 0.496 e. The number of primary amides is 1. The van der Waals surface area contributed by atoms with Crippen molar-refractivity contribution in [3.05, 3.63) is 28.8 Å². The smallest absolute Gasteiger partial charge is 0.315 e. The first-order valence-corrected chi connectivity index (χ1v) is 7.80. The molecule has 1 saturated heterocycles. The van der Waals surface area contributed by atoms with Crippen molar-refractivity contribution in [3.8, 4) is 5.75 Å². The molecule has 6 nitrogen and oxygen atoms in total. The molecular formula is C17H25N3O3. The second-order valence-electron chi connectivity index (χ2n) is 6.15. The lowest BCUT2D eigenvalue weighted by Crippen LogP contribution is -2.48. The third-order valence-corrected chi connectivity index (χ3v) is 4.34. The van der Waals surface area contributed by atoms with E-state index in [1.807, 2.05) is 26.0 Å². The molecule has 126 valence electrons. The highest BCUT2D eigenvalue weighted by atomic mass is 16.5. The number of likely N-dealkylation sites (tertiary alicyclic amines) is 1. The van der Waals surface area contributed by atoms with Crippen molar-refractivity contribution < 1.29 is 14.3 Å². The molecule has 2 N–H and O–H groups in total. The van der Waals surface area contributed by atoms with Gasteiger partial charge < -0.3 is 20.3 Å². The van der Waals surface area contributed by atoms with Crippen LogP contribution in [0, 0.1) is 13.8 Å². The number of benzene rings is 1. The monoisotopic (exact) mass is 319 g/mol. The minimum Gasteiger partial charge on any atom is -0.496 e. The Bertz CT molecular complexity index is 592. The highest BCUT2D eigenvalue weighted by molar-refractivity contribution is 5.87. The minimum atomic E-state index is -0.523. The van der Waals surface area contributed by atoms with Gasteiger partial charge in [0.2, 0.25) is 5.91 Å². The lowest BCUT2D eigenvalue weighted by molar-refractivity contribution is -0.134. The molecule has 0 aliphatic carbocycles. The van der Waals surface area contributed by atoms with Crippen molar-refractivity contribution in [1.29, 1.82) is 0 Å². The van der Waals surface area contributed by atoms with E-state index in [1.165, 1.54) is 4.90 Å². The van der Waals surface area contributed by atoms with E-state index in [0.717, 1.165) is 28.9 Å². The predicted molar refractivity (Wildman–Crippen MR) is 88.3 cm³/mol. The lowest BCUT2D eigenvalue weighted by atomic mass is 10.0. The Hall–Kier alpha value is -2.24. The van der Waals surface area contributed by atoms with E-state index >= 15 is 0 Å². The fourth-order valence-corrected chi connectivity index (χ4v) is 3.35. The number of nitrogens with two attached hydrogens (primary N) is 1. The number of carbonyl (C=O) groups excluding carboxylic acids is 2. The quantitative estimate of drug-likeness (QED) is 0.919. The summed E-state index contributed by atoms with van der Waals surface area (Å²) in [5.41, 5.74) is 8.48. The van der Waals surface area contributed by atoms with Crippen LogP contribution in [0.1, 0.15) is 29.5 Å². The molecule has 2 rings (SSSR count). The molecule has 0 aromatic heterocycles. The number of aryl methyl sites for hydroxylation is 2. The van der Waals surface area contributed by atoms with E-state index in [1.54, 1.807) is 19.1 Å². The fourth-order valence-electron chi connectivity index (χ4n) is 3.35. The van der Waals surface area contributed by atoms with Crippen LogP contribution < -0.4 is 10.5 Å². The van der Waals surface area contributed by atoms with Crippen LogP contribution in [0.5, 0.6) is 5.75 Å². The summed E-state index contributed by atoms with van der Waals surface area (Å²) in [6, 6.07) is 3.09. The highest BCUT2D eigenvalue weighted by Crippen LogP contribution is 2.25. The van der Waals surface area contributed by atoms with Crippen LogP contribution >= 0.6 is 0 Å². The maximum absolute atomic E-state index is 12.6. The van der Waals surface area contributed by atoms with Gasteiger partial charge in [-0.05, 0) is 43.4 Å². The second-order valence-corrected chi connectivity index (χ2v) is 6.15. The maximum Gasteiger partial charge on any atom is 0.315 e. The zero-order valence-electron chi connectivity index (χ0n) is 14.3. The number of rotatable bonds is 4. The first-order chi connectivity index (χ1) is 10.8. The number of urea groups is 1. The van der Waals surface area contributed by atoms with Crippen molar-refractivity contribution >= 4 is 11.9 Å². The molecule has 0 bridgehead atoms. The Kier molecular flexibility index (Phi) is 5.13. The lowest BCUT2D eigenvalue weighted by Gasteiger charge is -2.27. The van der Waals surface area contributed by atoms with Crippen LogP contribution in [0.3, 0.4) is 0 Å². The van der Waals surface area contributed by atoms with Crippen LogP contribution in [0.2, 0.25) is 0 Å². The zero-order valence-corrected chi connectivity index (χ0v) is 14.3. The molecule has 1 aliphatic rings. The van der Waals surface area contributed by atoms with Crippen LogP contribution in [0.4, 0.5) is 4.79 Å². The van der Waals surface area contributed by atoms with Gasteiger partial charge in [0, 0.05) is 20.1 Å². The summed E-state index contributed by atoms with van der Waals surface area (Å²) in [6.07, 6.45) is 1.49. The van der Waals surface area contributed by atoms with E-state index in [0.29, 0.717) is 19.5 Å². The number of methoxy groups -OCH3 is 1. The standard InChI is InChI=1S/C17H25N3O3/c1-11-8-13(9-12(2)15(11)23-4)10-19(3)16(21)14-6-5-7-20(14)17(18)22/h8-9,14H,5-7,10H2,1-4H3,(H2,18,22)/t14-/m0/s1. The molecular weight excluding hydrogens is 294 g/mol. The summed E-state index contributed by atoms with van der Waals surface area (Å²) >= 11 is 0. The van der Waals surface area contributed by atoms with Gasteiger partial charge in [0.05, 0.1) is 7.11 Å². The van der Waals surface area contributed by atoms with E-state index in [-0.39, 0.29) is 5.91 Å². The van der Waals surface area contributed by atoms with E-state index in [9.17, 15) is 9.59 Å². The van der Waals surface area contributed by atoms with Crippen LogP contribution in [-0.4, -0.2) is 48.5 Å². The van der Waals surface area contributed by atoms with Gasteiger partial charge in [0.15, 0.2) is 0 Å². The van der Waals surface area contributed by atoms with Crippen LogP contribution in [0.15, 0.2) is 12.1 Å². The molecule has 1 aromatic carbocycles. The molecule has 0 saturated carbocycles. The predicted octanol–water partition coefficient (Wildman–Crippen LogP) is 1.81. The number of carbonyl (C=O) groups is 2. The number of nitrogens with zero attached hydrogens (tertiary/aromatic N) is 2. The average molecular weight is 319 g/mol. The maximum atomic E-state index is 12.6. The van der Waals surface area contributed by atoms with Gasteiger partial charge in [-0.3, -0.25) is 4.79 Å². The number of hydrogen-bond donors (Lipinski definition) is 1. The molecule has 1 atom stereocenters. The molecule has 1 heterocycles. The van der Waals surface area contributed by atoms with E-state index in [2.05, 4.69) is 0 Å². The summed E-state index contributed by atoms with van der Waals surface area (Å²) in [7, 11) is 3.41. The second kappa shape index (κ2) is 6.89. The topological polar surface area (TPSA) is 75.9 Å². The van der Waals surface area contributed by atoms with Crippen molar-refractivity contribution in [2.24, 2.45) is 5.73 Å². The van der Waals surface area contributed by atoms with Crippen molar-refractivity contribution in [2.75, 3.05) is 20.7 Å². The summed E-state index contributed by atoms with van der Waals surface area (Å²) < 4.78 is 5.37. The highest BCUT2D eigenvalue weighted by Gasteiger charge is 2.34. The summed E-state index contributed by atoms with van der Waals surface area (Å²) in [5, 5.41) is 0. The third kappa shape index (κ3) is 3.57. The molecule has 1 aliphatic heterocycles. The molecule has 0 spiro atoms. The van der Waals surface area contributed by atoms with Crippen LogP contribution in [-0.2, 0) is 11.3 Å². The van der Waals surface area contributed by atoms with Crippen LogP contribution in [0.25, 0.3) is 0 Å². The molecule has 3 amide bonds. The zero-order chi connectivity index (χ0) is 17.1. The van der Waals surface area contributed by atoms with Crippen molar-refractivity contribution in [1.82, 2.24) is 9.80 Å². The number of amides is 3. The fraction of sp³-hybridized carbons (Fsp3) is 0.529. The number of ether oxygens (including phenoxy) is 1.